The third-order valence-electron chi connectivity index (χ3n) is 6.52. The lowest BCUT2D eigenvalue weighted by atomic mass is 10.1. The molecule has 0 spiro atoms. The van der Waals surface area contributed by atoms with Crippen molar-refractivity contribution in [3.63, 3.8) is 0 Å². The van der Waals surface area contributed by atoms with Gasteiger partial charge in [-0.1, -0.05) is 36.4 Å². The highest BCUT2D eigenvalue weighted by molar-refractivity contribution is 6.10. The summed E-state index contributed by atoms with van der Waals surface area (Å²) >= 11 is 0. The normalized spacial score (nSPS) is 16.2. The monoisotopic (exact) mass is 479 g/mol. The van der Waals surface area contributed by atoms with Crippen LogP contribution in [0.1, 0.15) is 18.4 Å². The first-order chi connectivity index (χ1) is 17.7. The summed E-state index contributed by atoms with van der Waals surface area (Å²) in [4.78, 5) is 21.3. The molecule has 1 aliphatic carbocycles. The summed E-state index contributed by atoms with van der Waals surface area (Å²) in [6.45, 7) is 2.95. The van der Waals surface area contributed by atoms with E-state index in [-0.39, 0.29) is 0 Å². The van der Waals surface area contributed by atoms with E-state index < -0.39 is 0 Å². The second-order valence-electron chi connectivity index (χ2n) is 9.26. The van der Waals surface area contributed by atoms with Crippen molar-refractivity contribution < 1.29 is 0 Å². The van der Waals surface area contributed by atoms with Gasteiger partial charge in [0.25, 0.3) is 0 Å². The van der Waals surface area contributed by atoms with E-state index in [1.807, 2.05) is 31.6 Å². The summed E-state index contributed by atoms with van der Waals surface area (Å²) < 4.78 is 0. The first kappa shape index (κ1) is 23.9. The van der Waals surface area contributed by atoms with Crippen LogP contribution >= 0.6 is 0 Å². The number of rotatable bonds is 7. The number of nitrogens with one attached hydrogen (secondary N) is 2. The second-order valence-corrected chi connectivity index (χ2v) is 9.26. The van der Waals surface area contributed by atoms with Gasteiger partial charge in [-0.25, -0.2) is 9.98 Å². The fourth-order valence-corrected chi connectivity index (χ4v) is 4.30. The van der Waals surface area contributed by atoms with E-state index in [1.54, 1.807) is 0 Å². The standard InChI is InChI=1S/C29H33N7/c1-30-16-17-36(2)28-19-24(21-10-11-21)20-31-14-15-33-29(35-28)23-12-13-32-27(18-23)34-26-9-5-7-22-6-3-4-8-25(22)26/h3-9,12-14,18-19,21,30H,10-11,15-17,20H2,1-2H3,(H,32,34). The van der Waals surface area contributed by atoms with Crippen LogP contribution in [0.25, 0.3) is 10.8 Å². The lowest BCUT2D eigenvalue weighted by Gasteiger charge is -2.21. The molecule has 184 valence electrons. The molecule has 1 fully saturated rings. The molecule has 1 aromatic heterocycles. The van der Waals surface area contributed by atoms with Crippen molar-refractivity contribution in [1.82, 2.24) is 15.2 Å². The Hall–Kier alpha value is -3.84. The van der Waals surface area contributed by atoms with Gasteiger partial charge in [0.15, 0.2) is 5.84 Å². The first-order valence-electron chi connectivity index (χ1n) is 12.6. The highest BCUT2D eigenvalue weighted by Gasteiger charge is 2.26. The van der Waals surface area contributed by atoms with Crippen LogP contribution in [-0.2, 0) is 0 Å². The molecule has 0 bridgehead atoms. The van der Waals surface area contributed by atoms with Gasteiger partial charge in [-0.2, -0.15) is 0 Å². The molecule has 0 saturated heterocycles. The number of hydrogen-bond donors (Lipinski definition) is 2. The SMILES string of the molecule is CNCCN(C)C1=NC(c2ccnc(Nc3cccc4ccccc34)c2)=NCC=NCC(C2CC2)=C1. The van der Waals surface area contributed by atoms with E-state index in [4.69, 9.17) is 9.98 Å². The number of likely N-dealkylation sites (N-methyl/N-ethyl adjacent to an activating group) is 2. The van der Waals surface area contributed by atoms with Gasteiger partial charge in [-0.05, 0) is 61.0 Å². The minimum absolute atomic E-state index is 0.499. The van der Waals surface area contributed by atoms with E-state index in [0.717, 1.165) is 47.9 Å². The molecule has 7 nitrogen and oxygen atoms in total. The molecule has 2 aromatic carbocycles. The minimum atomic E-state index is 0.499. The number of aromatic nitrogens is 1. The lowest BCUT2D eigenvalue weighted by molar-refractivity contribution is 0.497. The molecule has 5 rings (SSSR count). The zero-order valence-electron chi connectivity index (χ0n) is 21.0. The van der Waals surface area contributed by atoms with Gasteiger partial charge in [-0.15, -0.1) is 0 Å². The topological polar surface area (TPSA) is 77.3 Å². The minimum Gasteiger partial charge on any atom is -0.358 e. The van der Waals surface area contributed by atoms with Gasteiger partial charge in [0.1, 0.15) is 11.7 Å². The first-order valence-corrected chi connectivity index (χ1v) is 12.6. The smallest absolute Gasteiger partial charge is 0.157 e. The average molecular weight is 480 g/mol. The number of fused-ring (bicyclic) bond motifs is 1. The van der Waals surface area contributed by atoms with Crippen LogP contribution in [0.3, 0.4) is 0 Å². The number of nitrogens with zero attached hydrogens (tertiary/aromatic N) is 5. The molecule has 0 radical (unpaired) electrons. The second kappa shape index (κ2) is 11.3. The molecule has 2 N–H and O–H groups in total. The van der Waals surface area contributed by atoms with Crippen molar-refractivity contribution >= 4 is 40.2 Å². The van der Waals surface area contributed by atoms with E-state index >= 15 is 0 Å². The highest BCUT2D eigenvalue weighted by atomic mass is 15.2. The third-order valence-corrected chi connectivity index (χ3v) is 6.52. The maximum atomic E-state index is 5.09. The van der Waals surface area contributed by atoms with Crippen LogP contribution in [0, 0.1) is 5.92 Å². The molecular formula is C29H33N7. The number of benzene rings is 2. The van der Waals surface area contributed by atoms with E-state index in [0.29, 0.717) is 18.3 Å². The zero-order valence-corrected chi connectivity index (χ0v) is 21.0. The molecule has 36 heavy (non-hydrogen) atoms. The highest BCUT2D eigenvalue weighted by Crippen LogP contribution is 2.36. The molecule has 7 heteroatoms. The maximum absolute atomic E-state index is 5.09. The summed E-state index contributed by atoms with van der Waals surface area (Å²) in [7, 11) is 4.06. The predicted octanol–water partition coefficient (Wildman–Crippen LogP) is 4.70. The van der Waals surface area contributed by atoms with Crippen LogP contribution in [0.5, 0.6) is 0 Å². The lowest BCUT2D eigenvalue weighted by Crippen LogP contribution is -2.33. The molecule has 2 aliphatic rings. The summed E-state index contributed by atoms with van der Waals surface area (Å²) in [5.41, 5.74) is 3.30. The van der Waals surface area contributed by atoms with Crippen LogP contribution in [0.2, 0.25) is 0 Å². The van der Waals surface area contributed by atoms with E-state index in [1.165, 1.54) is 23.8 Å². The quantitative estimate of drug-likeness (QED) is 0.515. The van der Waals surface area contributed by atoms with Crippen LogP contribution in [0.15, 0.2) is 87.4 Å². The Morgan fingerprint density at radius 3 is 2.78 bits per heavy atom. The summed E-state index contributed by atoms with van der Waals surface area (Å²) in [6.07, 6.45) is 8.41. The molecule has 2 heterocycles. The fraction of sp³-hybridized carbons (Fsp3) is 0.310. The molecule has 0 amide bonds. The summed E-state index contributed by atoms with van der Waals surface area (Å²) in [5, 5.41) is 9.07. The van der Waals surface area contributed by atoms with Crippen molar-refractivity contribution in [2.45, 2.75) is 12.8 Å². The van der Waals surface area contributed by atoms with Crippen LogP contribution in [-0.4, -0.2) is 68.0 Å². The molecule has 3 aromatic rings. The molecule has 0 unspecified atom stereocenters. The average Bonchev–Trinajstić information content (AvgIpc) is 3.76. The van der Waals surface area contributed by atoms with E-state index in [2.05, 4.69) is 81.1 Å². The van der Waals surface area contributed by atoms with Gasteiger partial charge in [-0.3, -0.25) is 9.98 Å². The van der Waals surface area contributed by atoms with Crippen molar-refractivity contribution in [3.05, 3.63) is 78.0 Å². The molecule has 1 aliphatic heterocycles. The van der Waals surface area contributed by atoms with Gasteiger partial charge in [0.05, 0.1) is 13.1 Å². The Morgan fingerprint density at radius 2 is 1.92 bits per heavy atom. The fourth-order valence-electron chi connectivity index (χ4n) is 4.30. The molecule has 1 saturated carbocycles. The zero-order chi connectivity index (χ0) is 24.7. The Kier molecular flexibility index (Phi) is 7.47. The number of aliphatic imine (C=N–C) groups is 3. The maximum Gasteiger partial charge on any atom is 0.157 e. The number of pyridine rings is 1. The van der Waals surface area contributed by atoms with Crippen molar-refractivity contribution in [2.24, 2.45) is 20.9 Å². The van der Waals surface area contributed by atoms with Crippen molar-refractivity contribution in [3.8, 4) is 0 Å². The molecular weight excluding hydrogens is 446 g/mol. The van der Waals surface area contributed by atoms with Gasteiger partial charge in [0.2, 0.25) is 0 Å². The van der Waals surface area contributed by atoms with Gasteiger partial charge in [0, 0.05) is 49.2 Å². The number of amidine groups is 2. The largest absolute Gasteiger partial charge is 0.358 e. The van der Waals surface area contributed by atoms with Crippen molar-refractivity contribution in [2.75, 3.05) is 45.6 Å². The Morgan fingerprint density at radius 1 is 1.06 bits per heavy atom. The molecule has 0 atom stereocenters. The third kappa shape index (κ3) is 5.86. The van der Waals surface area contributed by atoms with Gasteiger partial charge < -0.3 is 15.5 Å². The predicted molar refractivity (Wildman–Crippen MR) is 151 cm³/mol. The van der Waals surface area contributed by atoms with Crippen molar-refractivity contribution in [1.29, 1.82) is 0 Å². The van der Waals surface area contributed by atoms with Gasteiger partial charge >= 0.3 is 0 Å². The summed E-state index contributed by atoms with van der Waals surface area (Å²) in [6, 6.07) is 18.6. The van der Waals surface area contributed by atoms with Crippen LogP contribution < -0.4 is 10.6 Å². The van der Waals surface area contributed by atoms with E-state index in [9.17, 15) is 0 Å². The Balaban J connectivity index is 1.49. The Labute approximate surface area is 212 Å². The summed E-state index contributed by atoms with van der Waals surface area (Å²) in [5.74, 6) is 2.99. The van der Waals surface area contributed by atoms with Crippen LogP contribution in [0.4, 0.5) is 11.5 Å². The number of anilines is 2. The number of hydrogen-bond acceptors (Lipinski definition) is 7. The Bertz CT molecular complexity index is 1330.